The summed E-state index contributed by atoms with van der Waals surface area (Å²) in [5.41, 5.74) is 1.16. The van der Waals surface area contributed by atoms with E-state index in [9.17, 15) is 9.59 Å². The highest BCUT2D eigenvalue weighted by molar-refractivity contribution is 5.97. The van der Waals surface area contributed by atoms with Gasteiger partial charge in [0.1, 0.15) is 5.75 Å². The first kappa shape index (κ1) is 19.2. The van der Waals surface area contributed by atoms with Crippen LogP contribution in [0.4, 0.5) is 5.69 Å². The van der Waals surface area contributed by atoms with E-state index in [0.29, 0.717) is 35.9 Å². The van der Waals surface area contributed by atoms with Crippen LogP contribution in [0.5, 0.6) is 5.75 Å². The first-order valence-electron chi connectivity index (χ1n) is 9.00. The van der Waals surface area contributed by atoms with E-state index < -0.39 is 0 Å². The summed E-state index contributed by atoms with van der Waals surface area (Å²) in [5, 5.41) is 6.26. The molecule has 6 heteroatoms. The normalized spacial score (nSPS) is 14.8. The van der Waals surface area contributed by atoms with Crippen molar-refractivity contribution >= 4 is 17.5 Å². The summed E-state index contributed by atoms with van der Waals surface area (Å²) in [6.45, 7) is 4.44. The summed E-state index contributed by atoms with van der Waals surface area (Å²) < 4.78 is 5.61. The standard InChI is InChI=1S/C19H29N3O3/c1-4-25-17-13-15(19(24)22(2)3)6-7-16(17)21-18(23)8-5-14-9-11-20-12-10-14/h6-7,13-14,20H,4-5,8-12H2,1-3H3,(H,21,23). The fraction of sp³-hybridized carbons (Fsp3) is 0.579. The number of nitrogens with zero attached hydrogens (tertiary/aromatic N) is 1. The minimum absolute atomic E-state index is 0.00817. The number of nitrogens with one attached hydrogen (secondary N) is 2. The van der Waals surface area contributed by atoms with Crippen molar-refractivity contribution in [1.82, 2.24) is 10.2 Å². The van der Waals surface area contributed by atoms with Crippen molar-refractivity contribution in [3.8, 4) is 5.75 Å². The largest absolute Gasteiger partial charge is 0.492 e. The Morgan fingerprint density at radius 3 is 2.64 bits per heavy atom. The third kappa shape index (κ3) is 5.74. The summed E-state index contributed by atoms with van der Waals surface area (Å²) in [4.78, 5) is 25.9. The molecule has 1 aromatic rings. The Morgan fingerprint density at radius 1 is 1.28 bits per heavy atom. The van der Waals surface area contributed by atoms with Gasteiger partial charge in [0.05, 0.1) is 12.3 Å². The van der Waals surface area contributed by atoms with Crippen molar-refractivity contribution in [3.63, 3.8) is 0 Å². The Morgan fingerprint density at radius 2 is 2.00 bits per heavy atom. The van der Waals surface area contributed by atoms with Gasteiger partial charge in [0, 0.05) is 26.1 Å². The lowest BCUT2D eigenvalue weighted by Gasteiger charge is -2.22. The zero-order chi connectivity index (χ0) is 18.2. The lowest BCUT2D eigenvalue weighted by Crippen LogP contribution is -2.28. The van der Waals surface area contributed by atoms with E-state index in [2.05, 4.69) is 10.6 Å². The number of amides is 2. The van der Waals surface area contributed by atoms with Gasteiger partial charge in [-0.15, -0.1) is 0 Å². The number of carbonyl (C=O) groups excluding carboxylic acids is 2. The molecule has 1 fully saturated rings. The Labute approximate surface area is 149 Å². The van der Waals surface area contributed by atoms with Crippen molar-refractivity contribution in [2.24, 2.45) is 5.92 Å². The number of rotatable bonds is 7. The van der Waals surface area contributed by atoms with E-state index in [1.54, 1.807) is 32.3 Å². The Balaban J connectivity index is 1.99. The quantitative estimate of drug-likeness (QED) is 0.795. The average Bonchev–Trinajstić information content (AvgIpc) is 2.62. The second kappa shape index (κ2) is 9.42. The van der Waals surface area contributed by atoms with Crippen molar-refractivity contribution in [3.05, 3.63) is 23.8 Å². The smallest absolute Gasteiger partial charge is 0.253 e. The molecule has 2 N–H and O–H groups in total. The highest BCUT2D eigenvalue weighted by Crippen LogP contribution is 2.27. The van der Waals surface area contributed by atoms with Gasteiger partial charge in [-0.3, -0.25) is 9.59 Å². The van der Waals surface area contributed by atoms with Gasteiger partial charge in [-0.05, 0) is 63.4 Å². The van der Waals surface area contributed by atoms with Crippen molar-refractivity contribution in [1.29, 1.82) is 0 Å². The molecule has 0 unspecified atom stereocenters. The monoisotopic (exact) mass is 347 g/mol. The predicted molar refractivity (Wildman–Crippen MR) is 99.1 cm³/mol. The van der Waals surface area contributed by atoms with E-state index in [4.69, 9.17) is 4.74 Å². The van der Waals surface area contributed by atoms with Gasteiger partial charge in [0.15, 0.2) is 0 Å². The lowest BCUT2D eigenvalue weighted by atomic mass is 9.93. The number of hydrogen-bond acceptors (Lipinski definition) is 4. The minimum atomic E-state index is -0.0928. The van der Waals surface area contributed by atoms with Crippen LogP contribution in [0, 0.1) is 5.92 Å². The minimum Gasteiger partial charge on any atom is -0.492 e. The molecule has 1 aliphatic heterocycles. The van der Waals surface area contributed by atoms with Gasteiger partial charge in [0.2, 0.25) is 5.91 Å². The summed E-state index contributed by atoms with van der Waals surface area (Å²) in [7, 11) is 3.41. The summed E-state index contributed by atoms with van der Waals surface area (Å²) in [6, 6.07) is 5.14. The fourth-order valence-corrected chi connectivity index (χ4v) is 3.01. The number of hydrogen-bond donors (Lipinski definition) is 2. The molecule has 138 valence electrons. The highest BCUT2D eigenvalue weighted by atomic mass is 16.5. The highest BCUT2D eigenvalue weighted by Gasteiger charge is 2.16. The number of benzene rings is 1. The van der Waals surface area contributed by atoms with Gasteiger partial charge in [-0.25, -0.2) is 0 Å². The predicted octanol–water partition coefficient (Wildman–Crippen LogP) is 2.51. The first-order chi connectivity index (χ1) is 12.0. The molecular weight excluding hydrogens is 318 g/mol. The fourth-order valence-electron chi connectivity index (χ4n) is 3.01. The van der Waals surface area contributed by atoms with E-state index in [1.807, 2.05) is 6.92 Å². The van der Waals surface area contributed by atoms with Crippen LogP contribution >= 0.6 is 0 Å². The van der Waals surface area contributed by atoms with Crippen LogP contribution in [0.25, 0.3) is 0 Å². The van der Waals surface area contributed by atoms with E-state index in [-0.39, 0.29) is 11.8 Å². The molecule has 1 heterocycles. The number of carbonyl (C=O) groups is 2. The molecule has 0 bridgehead atoms. The molecule has 0 saturated carbocycles. The van der Waals surface area contributed by atoms with Crippen molar-refractivity contribution in [2.45, 2.75) is 32.6 Å². The maximum Gasteiger partial charge on any atom is 0.253 e. The van der Waals surface area contributed by atoms with Crippen LogP contribution in [0.2, 0.25) is 0 Å². The molecule has 1 aromatic carbocycles. The van der Waals surface area contributed by atoms with Crippen LogP contribution in [-0.2, 0) is 4.79 Å². The van der Waals surface area contributed by atoms with E-state index in [1.165, 1.54) is 4.90 Å². The second-order valence-electron chi connectivity index (χ2n) is 6.62. The van der Waals surface area contributed by atoms with E-state index >= 15 is 0 Å². The molecular formula is C19H29N3O3. The Bertz CT molecular complexity index is 596. The van der Waals surface area contributed by atoms with Gasteiger partial charge < -0.3 is 20.3 Å². The van der Waals surface area contributed by atoms with Gasteiger partial charge in [0.25, 0.3) is 5.91 Å². The number of anilines is 1. The summed E-state index contributed by atoms with van der Waals surface area (Å²) >= 11 is 0. The molecule has 0 spiro atoms. The van der Waals surface area contributed by atoms with Crippen LogP contribution in [0.3, 0.4) is 0 Å². The lowest BCUT2D eigenvalue weighted by molar-refractivity contribution is -0.116. The molecule has 1 saturated heterocycles. The van der Waals surface area contributed by atoms with Crippen LogP contribution in [0.15, 0.2) is 18.2 Å². The van der Waals surface area contributed by atoms with Crippen LogP contribution in [0.1, 0.15) is 43.0 Å². The molecule has 0 atom stereocenters. The summed E-state index contributed by atoms with van der Waals surface area (Å²) in [6.07, 6.45) is 3.70. The molecule has 1 aliphatic rings. The van der Waals surface area contributed by atoms with Gasteiger partial charge in [-0.1, -0.05) is 0 Å². The second-order valence-corrected chi connectivity index (χ2v) is 6.62. The molecule has 0 radical (unpaired) electrons. The molecule has 2 rings (SSSR count). The molecule has 0 aromatic heterocycles. The van der Waals surface area contributed by atoms with Crippen molar-refractivity contribution in [2.75, 3.05) is 39.1 Å². The van der Waals surface area contributed by atoms with Gasteiger partial charge in [-0.2, -0.15) is 0 Å². The zero-order valence-electron chi connectivity index (χ0n) is 15.4. The maximum absolute atomic E-state index is 12.3. The topological polar surface area (TPSA) is 70.7 Å². The van der Waals surface area contributed by atoms with Gasteiger partial charge >= 0.3 is 0 Å². The Kier molecular flexibility index (Phi) is 7.25. The third-order valence-corrected chi connectivity index (χ3v) is 4.45. The Hall–Kier alpha value is -2.08. The van der Waals surface area contributed by atoms with E-state index in [0.717, 1.165) is 32.4 Å². The summed E-state index contributed by atoms with van der Waals surface area (Å²) in [5.74, 6) is 1.06. The molecule has 0 aliphatic carbocycles. The van der Waals surface area contributed by atoms with Crippen LogP contribution < -0.4 is 15.4 Å². The molecule has 2 amide bonds. The van der Waals surface area contributed by atoms with Crippen molar-refractivity contribution < 1.29 is 14.3 Å². The number of ether oxygens (including phenoxy) is 1. The average molecular weight is 347 g/mol. The zero-order valence-corrected chi connectivity index (χ0v) is 15.4. The molecule has 6 nitrogen and oxygen atoms in total. The SMILES string of the molecule is CCOc1cc(C(=O)N(C)C)ccc1NC(=O)CCC1CCNCC1. The number of piperidine rings is 1. The first-order valence-corrected chi connectivity index (χ1v) is 9.00. The molecule has 25 heavy (non-hydrogen) atoms. The van der Waals surface area contributed by atoms with Crippen LogP contribution in [-0.4, -0.2) is 50.5 Å². The maximum atomic E-state index is 12.3. The third-order valence-electron chi connectivity index (χ3n) is 4.45.